The zero-order valence-corrected chi connectivity index (χ0v) is 18.7. The van der Waals surface area contributed by atoms with Crippen LogP contribution in [-0.2, 0) is 0 Å². The average molecular weight is 487 g/mol. The summed E-state index contributed by atoms with van der Waals surface area (Å²) in [5.41, 5.74) is 4.25. The van der Waals surface area contributed by atoms with Crippen LogP contribution in [0.1, 0.15) is 28.9 Å². The molecule has 2 amide bonds. The quantitative estimate of drug-likeness (QED) is 0.426. The molecule has 32 heavy (non-hydrogen) atoms. The number of aryl methyl sites for hydroxylation is 1. The maximum absolute atomic E-state index is 12.9. The summed E-state index contributed by atoms with van der Waals surface area (Å²) >= 11 is 3.45. The fourth-order valence-electron chi connectivity index (χ4n) is 3.75. The van der Waals surface area contributed by atoms with Crippen molar-refractivity contribution in [2.75, 3.05) is 5.32 Å². The molecule has 5 rings (SSSR count). The molecule has 1 unspecified atom stereocenters. The number of fused-ring (bicyclic) bond motifs is 3. The first-order chi connectivity index (χ1) is 15.6. The van der Waals surface area contributed by atoms with Crippen LogP contribution in [0, 0.1) is 6.92 Å². The first-order valence-electron chi connectivity index (χ1n) is 10.1. The van der Waals surface area contributed by atoms with E-state index in [0.29, 0.717) is 11.5 Å². The Hall–Kier alpha value is -3.78. The molecule has 3 aromatic carbocycles. The van der Waals surface area contributed by atoms with E-state index in [2.05, 4.69) is 36.8 Å². The number of urea groups is 1. The van der Waals surface area contributed by atoms with Gasteiger partial charge in [0.2, 0.25) is 0 Å². The van der Waals surface area contributed by atoms with Crippen molar-refractivity contribution in [1.82, 2.24) is 20.1 Å². The van der Waals surface area contributed by atoms with Crippen molar-refractivity contribution in [1.29, 1.82) is 0 Å². The molecule has 0 fully saturated rings. The van der Waals surface area contributed by atoms with Crippen LogP contribution in [0.3, 0.4) is 0 Å². The van der Waals surface area contributed by atoms with Gasteiger partial charge in [-0.2, -0.15) is 0 Å². The number of aromatic nitrogens is 3. The van der Waals surface area contributed by atoms with Gasteiger partial charge in [0.15, 0.2) is 12.0 Å². The largest absolute Gasteiger partial charge is 0.321 e. The Bertz CT molecular complexity index is 1330. The smallest absolute Gasteiger partial charge is 0.309 e. The molecule has 4 aromatic rings. The molecule has 1 aliphatic heterocycles. The van der Waals surface area contributed by atoms with Crippen LogP contribution in [0.5, 0.6) is 0 Å². The lowest BCUT2D eigenvalue weighted by Gasteiger charge is -2.15. The van der Waals surface area contributed by atoms with Gasteiger partial charge in [0.25, 0.3) is 0 Å². The molecule has 0 bridgehead atoms. The third-order valence-corrected chi connectivity index (χ3v) is 5.88. The van der Waals surface area contributed by atoms with Crippen molar-refractivity contribution >= 4 is 33.4 Å². The predicted molar refractivity (Wildman–Crippen MR) is 127 cm³/mol. The van der Waals surface area contributed by atoms with Gasteiger partial charge in [0.1, 0.15) is 5.82 Å². The third kappa shape index (κ3) is 3.69. The van der Waals surface area contributed by atoms with E-state index < -0.39 is 12.2 Å². The van der Waals surface area contributed by atoms with Crippen molar-refractivity contribution < 1.29 is 4.79 Å². The lowest BCUT2D eigenvalue weighted by molar-refractivity contribution is 0.248. The zero-order valence-electron chi connectivity index (χ0n) is 17.2. The minimum absolute atomic E-state index is 0.392. The summed E-state index contributed by atoms with van der Waals surface area (Å²) in [4.78, 5) is 17.9. The van der Waals surface area contributed by atoms with E-state index in [0.717, 1.165) is 32.8 Å². The number of carbonyl (C=O) groups excluding carboxylic acids is 1. The SMILES string of the molecule is Cc1nnc2n1-c1ccccc1C(c1ccccc1)=NC2NC(=O)Nc1ccccc1Br. The summed E-state index contributed by atoms with van der Waals surface area (Å²) in [6.45, 7) is 1.89. The molecule has 0 aliphatic carbocycles. The van der Waals surface area contributed by atoms with Gasteiger partial charge in [0, 0.05) is 15.6 Å². The van der Waals surface area contributed by atoms with Crippen molar-refractivity contribution in [2.45, 2.75) is 13.1 Å². The van der Waals surface area contributed by atoms with Gasteiger partial charge in [-0.05, 0) is 41.1 Å². The summed E-state index contributed by atoms with van der Waals surface area (Å²) in [5.74, 6) is 1.26. The second-order valence-corrected chi connectivity index (χ2v) is 8.14. The highest BCUT2D eigenvalue weighted by molar-refractivity contribution is 9.10. The standard InChI is InChI=1S/C24H19BrN6O/c1-15-29-30-23-22(28-24(32)26-19-13-7-6-12-18(19)25)27-21(16-9-3-2-4-10-16)17-11-5-8-14-20(17)31(15)23/h2-14,22H,1H3,(H2,26,28,32). The van der Waals surface area contributed by atoms with Crippen LogP contribution in [0.4, 0.5) is 10.5 Å². The predicted octanol–water partition coefficient (Wildman–Crippen LogP) is 5.01. The van der Waals surface area contributed by atoms with Crippen molar-refractivity contribution in [3.05, 3.63) is 106 Å². The van der Waals surface area contributed by atoms with Gasteiger partial charge >= 0.3 is 6.03 Å². The van der Waals surface area contributed by atoms with Gasteiger partial charge in [-0.15, -0.1) is 10.2 Å². The van der Waals surface area contributed by atoms with E-state index in [4.69, 9.17) is 4.99 Å². The highest BCUT2D eigenvalue weighted by Crippen LogP contribution is 2.30. The Morgan fingerprint density at radius 1 is 0.938 bits per heavy atom. The van der Waals surface area contributed by atoms with E-state index in [-0.39, 0.29) is 0 Å². The number of hydrogen-bond donors (Lipinski definition) is 2. The maximum atomic E-state index is 12.9. The van der Waals surface area contributed by atoms with E-state index in [1.54, 1.807) is 0 Å². The van der Waals surface area contributed by atoms with E-state index in [1.165, 1.54) is 0 Å². The summed E-state index contributed by atoms with van der Waals surface area (Å²) in [7, 11) is 0. The maximum Gasteiger partial charge on any atom is 0.321 e. The fourth-order valence-corrected chi connectivity index (χ4v) is 4.13. The van der Waals surface area contributed by atoms with Gasteiger partial charge in [0.05, 0.1) is 17.1 Å². The number of benzene rings is 3. The second-order valence-electron chi connectivity index (χ2n) is 7.28. The zero-order chi connectivity index (χ0) is 22.1. The number of rotatable bonds is 3. The molecule has 1 aliphatic rings. The highest BCUT2D eigenvalue weighted by atomic mass is 79.9. The van der Waals surface area contributed by atoms with Gasteiger partial charge in [-0.3, -0.25) is 9.56 Å². The summed E-state index contributed by atoms with van der Waals surface area (Å²) in [6.07, 6.45) is -0.735. The topological polar surface area (TPSA) is 84.2 Å². The number of carbonyl (C=O) groups is 1. The monoisotopic (exact) mass is 486 g/mol. The van der Waals surface area contributed by atoms with Gasteiger partial charge in [-0.1, -0.05) is 60.7 Å². The Morgan fingerprint density at radius 3 is 2.47 bits per heavy atom. The molecule has 0 spiro atoms. The van der Waals surface area contributed by atoms with Gasteiger partial charge < -0.3 is 10.6 Å². The third-order valence-electron chi connectivity index (χ3n) is 5.19. The number of anilines is 1. The van der Waals surface area contributed by atoms with E-state index in [1.807, 2.05) is 90.4 Å². The normalized spacial score (nSPS) is 14.6. The minimum Gasteiger partial charge on any atom is -0.309 e. The average Bonchev–Trinajstić information content (AvgIpc) is 3.13. The number of halogens is 1. The van der Waals surface area contributed by atoms with Crippen LogP contribution < -0.4 is 10.6 Å². The molecular weight excluding hydrogens is 468 g/mol. The molecule has 158 valence electrons. The van der Waals surface area contributed by atoms with E-state index >= 15 is 0 Å². The lowest BCUT2D eigenvalue weighted by Crippen LogP contribution is -2.33. The molecule has 8 heteroatoms. The molecule has 1 aromatic heterocycles. The number of para-hydroxylation sites is 2. The molecule has 0 radical (unpaired) electrons. The summed E-state index contributed by atoms with van der Waals surface area (Å²) in [6, 6.07) is 24.9. The molecule has 7 nitrogen and oxygen atoms in total. The van der Waals surface area contributed by atoms with E-state index in [9.17, 15) is 4.79 Å². The molecular formula is C24H19BrN6O. The van der Waals surface area contributed by atoms with Gasteiger partial charge in [-0.25, -0.2) is 4.79 Å². The number of hydrogen-bond acceptors (Lipinski definition) is 4. The Labute approximate surface area is 193 Å². The van der Waals surface area contributed by atoms with Crippen molar-refractivity contribution in [2.24, 2.45) is 4.99 Å². The first kappa shape index (κ1) is 20.1. The van der Waals surface area contributed by atoms with Crippen LogP contribution in [0.25, 0.3) is 5.69 Å². The summed E-state index contributed by atoms with van der Waals surface area (Å²) < 4.78 is 2.73. The van der Waals surface area contributed by atoms with Crippen molar-refractivity contribution in [3.63, 3.8) is 0 Å². The van der Waals surface area contributed by atoms with Crippen LogP contribution >= 0.6 is 15.9 Å². The second kappa shape index (κ2) is 8.39. The fraction of sp³-hybridized carbons (Fsp3) is 0.0833. The minimum atomic E-state index is -0.735. The number of nitrogens with one attached hydrogen (secondary N) is 2. The van der Waals surface area contributed by atoms with Crippen molar-refractivity contribution in [3.8, 4) is 5.69 Å². The molecule has 2 heterocycles. The van der Waals surface area contributed by atoms with Crippen LogP contribution in [-0.4, -0.2) is 26.5 Å². The Balaban J connectivity index is 1.60. The Morgan fingerprint density at radius 2 is 1.66 bits per heavy atom. The Kier molecular flexibility index (Phi) is 5.28. The van der Waals surface area contributed by atoms with Crippen LogP contribution in [0.15, 0.2) is 88.3 Å². The lowest BCUT2D eigenvalue weighted by atomic mass is 10.0. The number of aliphatic imine (C=N–C) groups is 1. The highest BCUT2D eigenvalue weighted by Gasteiger charge is 2.29. The van der Waals surface area contributed by atoms with Crippen LogP contribution in [0.2, 0.25) is 0 Å². The molecule has 1 atom stereocenters. The summed E-state index contributed by atoms with van der Waals surface area (Å²) in [5, 5.41) is 14.4. The molecule has 2 N–H and O–H groups in total. The molecule has 0 saturated carbocycles. The first-order valence-corrected chi connectivity index (χ1v) is 10.9. The number of nitrogens with zero attached hydrogens (tertiary/aromatic N) is 4. The molecule has 0 saturated heterocycles. The number of amides is 2.